The predicted octanol–water partition coefficient (Wildman–Crippen LogP) is 2.16. The minimum absolute atomic E-state index is 0.0678. The number of rotatable bonds is 2. The number of benzene rings is 1. The van der Waals surface area contributed by atoms with Gasteiger partial charge in [-0.2, -0.15) is 13.2 Å². The van der Waals surface area contributed by atoms with Crippen LogP contribution in [0.15, 0.2) is 36.4 Å². The number of hydrogen-bond acceptors (Lipinski definition) is 4. The number of alkyl halides is 3. The Bertz CT molecular complexity index is 790. The van der Waals surface area contributed by atoms with E-state index in [0.717, 1.165) is 12.1 Å². The molecule has 132 valence electrons. The number of nitrogens with zero attached hydrogens (tertiary/aromatic N) is 1. The molecule has 2 bridgehead atoms. The third kappa shape index (κ3) is 2.20. The van der Waals surface area contributed by atoms with E-state index in [-0.39, 0.29) is 12.2 Å². The lowest BCUT2D eigenvalue weighted by Gasteiger charge is -2.22. The molecule has 2 saturated heterocycles. The highest BCUT2D eigenvalue weighted by Gasteiger charge is 2.67. The minimum Gasteiger partial charge on any atom is -0.469 e. The zero-order valence-electron chi connectivity index (χ0n) is 13.1. The van der Waals surface area contributed by atoms with Gasteiger partial charge in [0, 0.05) is 5.69 Å². The molecule has 0 saturated carbocycles. The van der Waals surface area contributed by atoms with Crippen molar-refractivity contribution in [1.82, 2.24) is 0 Å². The maximum atomic E-state index is 12.9. The maximum Gasteiger partial charge on any atom is 0.416 e. The van der Waals surface area contributed by atoms with Crippen LogP contribution >= 0.6 is 0 Å². The van der Waals surface area contributed by atoms with Gasteiger partial charge in [-0.15, -0.1) is 0 Å². The van der Waals surface area contributed by atoms with Crippen molar-refractivity contribution in [3.05, 3.63) is 42.0 Å². The molecule has 0 radical (unpaired) electrons. The number of fused-ring (bicyclic) bond motifs is 1. The fourth-order valence-corrected chi connectivity index (χ4v) is 3.97. The molecule has 0 N–H and O–H groups in total. The Morgan fingerprint density at radius 1 is 1.40 bits per heavy atom. The number of methoxy groups -OCH3 is 1. The number of carbonyl (C=O) groups excluding carboxylic acids is 2. The number of ether oxygens (including phenoxy) is 2. The summed E-state index contributed by atoms with van der Waals surface area (Å²) in [6.07, 6.45) is -1.60. The van der Waals surface area contributed by atoms with E-state index in [2.05, 4.69) is 0 Å². The van der Waals surface area contributed by atoms with Crippen molar-refractivity contribution in [2.45, 2.75) is 17.9 Å². The Labute approximate surface area is 141 Å². The second-order valence-corrected chi connectivity index (χ2v) is 6.40. The Morgan fingerprint density at radius 2 is 2.16 bits per heavy atom. The summed E-state index contributed by atoms with van der Waals surface area (Å²) in [6, 6.07) is 4.57. The second-order valence-electron chi connectivity index (χ2n) is 6.40. The van der Waals surface area contributed by atoms with Crippen LogP contribution in [-0.4, -0.2) is 37.2 Å². The summed E-state index contributed by atoms with van der Waals surface area (Å²) < 4.78 is 49.4. The van der Waals surface area contributed by atoms with E-state index in [9.17, 15) is 22.8 Å². The van der Waals surface area contributed by atoms with Crippen molar-refractivity contribution in [1.29, 1.82) is 0 Å². The van der Waals surface area contributed by atoms with Gasteiger partial charge in [0.15, 0.2) is 0 Å². The molecule has 3 aliphatic rings. The number of halogens is 3. The first-order valence-electron chi connectivity index (χ1n) is 7.70. The van der Waals surface area contributed by atoms with Crippen LogP contribution in [0.5, 0.6) is 0 Å². The summed E-state index contributed by atoms with van der Waals surface area (Å²) in [5.41, 5.74) is -1.69. The first-order valence-corrected chi connectivity index (χ1v) is 7.70. The smallest absolute Gasteiger partial charge is 0.416 e. The second kappa shape index (κ2) is 5.08. The van der Waals surface area contributed by atoms with Gasteiger partial charge in [-0.25, -0.2) is 0 Å². The zero-order valence-corrected chi connectivity index (χ0v) is 13.1. The average molecular weight is 353 g/mol. The van der Waals surface area contributed by atoms with Gasteiger partial charge in [-0.05, 0) is 18.2 Å². The van der Waals surface area contributed by atoms with Crippen LogP contribution in [0.1, 0.15) is 5.56 Å². The number of anilines is 1. The summed E-state index contributed by atoms with van der Waals surface area (Å²) in [7, 11) is 1.23. The highest BCUT2D eigenvalue weighted by molar-refractivity contribution is 6.02. The van der Waals surface area contributed by atoms with Crippen LogP contribution < -0.4 is 4.90 Å². The Hall–Kier alpha value is -2.35. The molecule has 0 aliphatic carbocycles. The highest BCUT2D eigenvalue weighted by atomic mass is 19.4. The zero-order chi connectivity index (χ0) is 18.0. The molecule has 8 heteroatoms. The van der Waals surface area contributed by atoms with Crippen LogP contribution in [-0.2, 0) is 25.2 Å². The summed E-state index contributed by atoms with van der Waals surface area (Å²) in [4.78, 5) is 26.2. The van der Waals surface area contributed by atoms with Gasteiger partial charge in [0.05, 0.1) is 31.2 Å². The molecule has 0 unspecified atom stereocenters. The van der Waals surface area contributed by atoms with Crippen LogP contribution in [0.2, 0.25) is 0 Å². The largest absolute Gasteiger partial charge is 0.469 e. The monoisotopic (exact) mass is 353 g/mol. The summed E-state index contributed by atoms with van der Waals surface area (Å²) in [5, 5.41) is 0. The third-order valence-corrected chi connectivity index (χ3v) is 5.06. The van der Waals surface area contributed by atoms with E-state index in [0.29, 0.717) is 0 Å². The number of carbonyl (C=O) groups is 2. The highest BCUT2D eigenvalue weighted by Crippen LogP contribution is 2.53. The van der Waals surface area contributed by atoms with Crippen LogP contribution in [0.25, 0.3) is 0 Å². The number of esters is 1. The maximum absolute atomic E-state index is 12.9. The van der Waals surface area contributed by atoms with Gasteiger partial charge >= 0.3 is 12.1 Å². The van der Waals surface area contributed by atoms with Crippen LogP contribution in [0, 0.1) is 11.8 Å². The fraction of sp³-hybridized carbons (Fsp3) is 0.412. The molecule has 3 heterocycles. The van der Waals surface area contributed by atoms with E-state index < -0.39 is 47.2 Å². The Morgan fingerprint density at radius 3 is 2.84 bits per heavy atom. The molecular weight excluding hydrogens is 339 g/mol. The van der Waals surface area contributed by atoms with Crippen LogP contribution in [0.4, 0.5) is 18.9 Å². The molecular formula is C17H14F3NO4. The molecule has 25 heavy (non-hydrogen) atoms. The van der Waals surface area contributed by atoms with E-state index in [1.54, 1.807) is 12.2 Å². The van der Waals surface area contributed by atoms with Gasteiger partial charge in [0.2, 0.25) is 5.91 Å². The van der Waals surface area contributed by atoms with Crippen molar-refractivity contribution in [3.8, 4) is 0 Å². The van der Waals surface area contributed by atoms with E-state index >= 15 is 0 Å². The van der Waals surface area contributed by atoms with E-state index in [1.807, 2.05) is 0 Å². The molecule has 1 aromatic carbocycles. The first-order chi connectivity index (χ1) is 11.8. The van der Waals surface area contributed by atoms with E-state index in [4.69, 9.17) is 9.47 Å². The molecule has 4 atom stereocenters. The topological polar surface area (TPSA) is 55.8 Å². The molecule has 1 spiro atoms. The van der Waals surface area contributed by atoms with E-state index in [1.165, 1.54) is 24.1 Å². The normalized spacial score (nSPS) is 33.0. The third-order valence-electron chi connectivity index (χ3n) is 5.06. The molecule has 1 amide bonds. The molecule has 2 fully saturated rings. The Kier molecular flexibility index (Phi) is 3.28. The summed E-state index contributed by atoms with van der Waals surface area (Å²) in [6.45, 7) is 0.0678. The minimum atomic E-state index is -4.50. The first kappa shape index (κ1) is 16.1. The van der Waals surface area contributed by atoms with Crippen molar-refractivity contribution >= 4 is 17.6 Å². The Balaban J connectivity index is 1.71. The van der Waals surface area contributed by atoms with Crippen molar-refractivity contribution in [2.24, 2.45) is 11.8 Å². The standard InChI is InChI=1S/C17H14F3NO4/c1-24-15(23)12-11-5-6-16(25-11)8-21(14(22)13(12)16)10-4-2-3-9(7-10)17(18,19)20/h2-7,11-13H,8H2,1H3/t11-,12-,13+,16-/m1/s1. The molecule has 4 rings (SSSR count). The molecule has 3 aliphatic heterocycles. The quantitative estimate of drug-likeness (QED) is 0.604. The van der Waals surface area contributed by atoms with Crippen molar-refractivity contribution in [2.75, 3.05) is 18.6 Å². The van der Waals surface area contributed by atoms with Gasteiger partial charge in [-0.3, -0.25) is 9.59 Å². The van der Waals surface area contributed by atoms with Gasteiger partial charge in [0.25, 0.3) is 0 Å². The molecule has 5 nitrogen and oxygen atoms in total. The lowest BCUT2D eigenvalue weighted by molar-refractivity contribution is -0.149. The molecule has 0 aromatic heterocycles. The summed E-state index contributed by atoms with van der Waals surface area (Å²) in [5.74, 6) is -2.55. The van der Waals surface area contributed by atoms with Crippen molar-refractivity contribution < 1.29 is 32.2 Å². The SMILES string of the molecule is COC(=O)[C@H]1[C@H]2C(=O)N(c3cccc(C(F)(F)F)c3)C[C@]23C=C[C@H]1O3. The van der Waals surface area contributed by atoms with Gasteiger partial charge in [0.1, 0.15) is 11.5 Å². The fourth-order valence-electron chi connectivity index (χ4n) is 3.97. The molecule has 1 aromatic rings. The van der Waals surface area contributed by atoms with Crippen molar-refractivity contribution in [3.63, 3.8) is 0 Å². The summed E-state index contributed by atoms with van der Waals surface area (Å²) >= 11 is 0. The van der Waals surface area contributed by atoms with Gasteiger partial charge in [-0.1, -0.05) is 18.2 Å². The lowest BCUT2D eigenvalue weighted by atomic mass is 9.77. The predicted molar refractivity (Wildman–Crippen MR) is 79.5 cm³/mol. The van der Waals surface area contributed by atoms with Gasteiger partial charge < -0.3 is 14.4 Å². The number of amides is 1. The lowest BCUT2D eigenvalue weighted by Crippen LogP contribution is -2.39. The van der Waals surface area contributed by atoms with Crippen LogP contribution in [0.3, 0.4) is 0 Å². The number of hydrogen-bond donors (Lipinski definition) is 0. The average Bonchev–Trinajstić information content (AvgIpc) is 3.22.